The predicted octanol–water partition coefficient (Wildman–Crippen LogP) is 3.38. The standard InChI is InChI=1S/C16H27N3O.HI/c1-12(2)20-15-10-13(3)8-9-14(15)11-17-16(18(4)5)19(6)7;/h8-10,12H,11H2,1-7H3;1H. The van der Waals surface area contributed by atoms with E-state index in [0.717, 1.165) is 17.3 Å². The highest BCUT2D eigenvalue weighted by Gasteiger charge is 2.08. The van der Waals surface area contributed by atoms with Gasteiger partial charge in [-0.1, -0.05) is 12.1 Å². The Morgan fingerprint density at radius 2 is 1.71 bits per heavy atom. The number of benzene rings is 1. The van der Waals surface area contributed by atoms with E-state index in [-0.39, 0.29) is 30.1 Å². The maximum atomic E-state index is 5.88. The van der Waals surface area contributed by atoms with Gasteiger partial charge in [0.2, 0.25) is 0 Å². The minimum atomic E-state index is 0. The van der Waals surface area contributed by atoms with Gasteiger partial charge in [0.05, 0.1) is 12.6 Å². The Balaban J connectivity index is 0.00000400. The van der Waals surface area contributed by atoms with Crippen molar-refractivity contribution in [2.45, 2.75) is 33.4 Å². The summed E-state index contributed by atoms with van der Waals surface area (Å²) in [6.45, 7) is 6.78. The summed E-state index contributed by atoms with van der Waals surface area (Å²) in [5, 5.41) is 0. The number of aryl methyl sites for hydroxylation is 1. The highest BCUT2D eigenvalue weighted by atomic mass is 127. The average molecular weight is 405 g/mol. The number of hydrogen-bond donors (Lipinski definition) is 0. The zero-order valence-corrected chi connectivity index (χ0v) is 16.5. The molecule has 0 bridgehead atoms. The van der Waals surface area contributed by atoms with Crippen LogP contribution in [0.4, 0.5) is 0 Å². The molecule has 0 aliphatic rings. The molecule has 4 nitrogen and oxygen atoms in total. The van der Waals surface area contributed by atoms with Crippen molar-refractivity contribution in [1.29, 1.82) is 0 Å². The summed E-state index contributed by atoms with van der Waals surface area (Å²) in [6, 6.07) is 6.28. The number of halogens is 1. The molecule has 0 aliphatic heterocycles. The van der Waals surface area contributed by atoms with Crippen LogP contribution in [0.3, 0.4) is 0 Å². The third-order valence-electron chi connectivity index (χ3n) is 2.78. The Morgan fingerprint density at radius 3 is 2.19 bits per heavy atom. The Bertz CT molecular complexity index is 461. The molecule has 1 rings (SSSR count). The zero-order valence-electron chi connectivity index (χ0n) is 14.2. The van der Waals surface area contributed by atoms with Crippen molar-refractivity contribution in [1.82, 2.24) is 9.80 Å². The molecule has 21 heavy (non-hydrogen) atoms. The lowest BCUT2D eigenvalue weighted by Gasteiger charge is -2.23. The lowest BCUT2D eigenvalue weighted by Crippen LogP contribution is -2.35. The SMILES string of the molecule is Cc1ccc(CN=C(N(C)C)N(C)C)c(OC(C)C)c1.I. The second-order valence-electron chi connectivity index (χ2n) is 5.68. The molecule has 0 unspecified atom stereocenters. The van der Waals surface area contributed by atoms with Gasteiger partial charge in [-0.15, -0.1) is 24.0 Å². The second-order valence-corrected chi connectivity index (χ2v) is 5.68. The van der Waals surface area contributed by atoms with E-state index < -0.39 is 0 Å². The molecule has 0 radical (unpaired) electrons. The highest BCUT2D eigenvalue weighted by Crippen LogP contribution is 2.22. The smallest absolute Gasteiger partial charge is 0.195 e. The number of hydrogen-bond acceptors (Lipinski definition) is 2. The summed E-state index contributed by atoms with van der Waals surface area (Å²) >= 11 is 0. The normalized spacial score (nSPS) is 9.90. The van der Waals surface area contributed by atoms with E-state index in [1.165, 1.54) is 5.56 Å². The van der Waals surface area contributed by atoms with Crippen molar-refractivity contribution < 1.29 is 4.74 Å². The minimum absolute atomic E-state index is 0. The predicted molar refractivity (Wildman–Crippen MR) is 101 cm³/mol. The first kappa shape index (κ1) is 20.0. The molecule has 0 spiro atoms. The van der Waals surface area contributed by atoms with Crippen LogP contribution in [0.25, 0.3) is 0 Å². The molecule has 0 amide bonds. The molecule has 0 heterocycles. The number of nitrogens with zero attached hydrogens (tertiary/aromatic N) is 3. The van der Waals surface area contributed by atoms with Gasteiger partial charge in [-0.2, -0.15) is 0 Å². The van der Waals surface area contributed by atoms with E-state index in [1.807, 2.05) is 51.8 Å². The third-order valence-corrected chi connectivity index (χ3v) is 2.78. The highest BCUT2D eigenvalue weighted by molar-refractivity contribution is 14.0. The number of aliphatic imine (C=N–C) groups is 1. The lowest BCUT2D eigenvalue weighted by molar-refractivity contribution is 0.240. The largest absolute Gasteiger partial charge is 0.491 e. The third kappa shape index (κ3) is 6.54. The first-order valence-electron chi connectivity index (χ1n) is 6.96. The zero-order chi connectivity index (χ0) is 15.3. The van der Waals surface area contributed by atoms with Crippen LogP contribution in [0, 0.1) is 6.92 Å². The summed E-state index contributed by atoms with van der Waals surface area (Å²) < 4.78 is 5.88. The van der Waals surface area contributed by atoms with E-state index in [4.69, 9.17) is 4.74 Å². The van der Waals surface area contributed by atoms with Crippen LogP contribution in [-0.2, 0) is 6.54 Å². The molecule has 0 aromatic heterocycles. The van der Waals surface area contributed by atoms with Gasteiger partial charge >= 0.3 is 0 Å². The summed E-state index contributed by atoms with van der Waals surface area (Å²) in [5.41, 5.74) is 2.32. The minimum Gasteiger partial charge on any atom is -0.491 e. The van der Waals surface area contributed by atoms with Crippen molar-refractivity contribution >= 4 is 29.9 Å². The Morgan fingerprint density at radius 1 is 1.14 bits per heavy atom. The molecular formula is C16H28IN3O. The maximum Gasteiger partial charge on any atom is 0.195 e. The van der Waals surface area contributed by atoms with Crippen molar-refractivity contribution in [2.75, 3.05) is 28.2 Å². The van der Waals surface area contributed by atoms with Gasteiger partial charge in [0.15, 0.2) is 5.96 Å². The number of rotatable bonds is 4. The van der Waals surface area contributed by atoms with Crippen molar-refractivity contribution in [3.63, 3.8) is 0 Å². The molecule has 0 atom stereocenters. The van der Waals surface area contributed by atoms with Crippen molar-refractivity contribution in [3.05, 3.63) is 29.3 Å². The van der Waals surface area contributed by atoms with E-state index >= 15 is 0 Å². The van der Waals surface area contributed by atoms with Gasteiger partial charge in [0.25, 0.3) is 0 Å². The first-order valence-corrected chi connectivity index (χ1v) is 6.96. The van der Waals surface area contributed by atoms with E-state index in [9.17, 15) is 0 Å². The van der Waals surface area contributed by atoms with Crippen LogP contribution < -0.4 is 4.74 Å². The van der Waals surface area contributed by atoms with Gasteiger partial charge in [-0.05, 0) is 32.4 Å². The lowest BCUT2D eigenvalue weighted by atomic mass is 10.1. The van der Waals surface area contributed by atoms with Gasteiger partial charge in [-0.25, -0.2) is 4.99 Å². The number of guanidine groups is 1. The fraction of sp³-hybridized carbons (Fsp3) is 0.562. The van der Waals surface area contributed by atoms with Crippen LogP contribution in [0.2, 0.25) is 0 Å². The molecule has 1 aromatic carbocycles. The molecule has 120 valence electrons. The molecule has 0 fully saturated rings. The molecule has 0 saturated carbocycles. The van der Waals surface area contributed by atoms with Gasteiger partial charge < -0.3 is 14.5 Å². The number of ether oxygens (including phenoxy) is 1. The van der Waals surface area contributed by atoms with Crippen molar-refractivity contribution in [2.24, 2.45) is 4.99 Å². The summed E-state index contributed by atoms with van der Waals surface area (Å²) in [4.78, 5) is 8.70. The molecule has 0 aliphatic carbocycles. The van der Waals surface area contributed by atoms with Crippen LogP contribution >= 0.6 is 24.0 Å². The maximum absolute atomic E-state index is 5.88. The fourth-order valence-electron chi connectivity index (χ4n) is 1.99. The van der Waals surface area contributed by atoms with Crippen LogP contribution in [0.5, 0.6) is 5.75 Å². The topological polar surface area (TPSA) is 28.1 Å². The van der Waals surface area contributed by atoms with E-state index in [1.54, 1.807) is 0 Å². The Hall–Kier alpha value is -0.980. The van der Waals surface area contributed by atoms with E-state index in [0.29, 0.717) is 6.54 Å². The first-order chi connectivity index (χ1) is 9.31. The molecule has 5 heteroatoms. The Labute approximate surface area is 146 Å². The molecule has 0 N–H and O–H groups in total. The molecular weight excluding hydrogens is 377 g/mol. The van der Waals surface area contributed by atoms with Crippen LogP contribution in [0.1, 0.15) is 25.0 Å². The van der Waals surface area contributed by atoms with Gasteiger partial charge in [-0.3, -0.25) is 0 Å². The van der Waals surface area contributed by atoms with E-state index in [2.05, 4.69) is 30.1 Å². The fourth-order valence-corrected chi connectivity index (χ4v) is 1.99. The Kier molecular flexibility index (Phi) is 8.70. The van der Waals surface area contributed by atoms with Gasteiger partial charge in [0.1, 0.15) is 5.75 Å². The molecule has 0 saturated heterocycles. The quantitative estimate of drug-likeness (QED) is 0.437. The average Bonchev–Trinajstić information content (AvgIpc) is 2.30. The van der Waals surface area contributed by atoms with Crippen molar-refractivity contribution in [3.8, 4) is 5.75 Å². The summed E-state index contributed by atoms with van der Waals surface area (Å²) in [5.74, 6) is 1.88. The summed E-state index contributed by atoms with van der Waals surface area (Å²) in [7, 11) is 8.00. The summed E-state index contributed by atoms with van der Waals surface area (Å²) in [6.07, 6.45) is 0.168. The molecule has 1 aromatic rings. The van der Waals surface area contributed by atoms with Crippen LogP contribution in [0.15, 0.2) is 23.2 Å². The van der Waals surface area contributed by atoms with Gasteiger partial charge in [0, 0.05) is 33.8 Å². The monoisotopic (exact) mass is 405 g/mol. The van der Waals surface area contributed by atoms with Crippen LogP contribution in [-0.4, -0.2) is 50.1 Å². The second kappa shape index (κ2) is 9.12.